The monoisotopic (exact) mass is 528 g/mol. The molecule has 4 rings (SSSR count). The molecule has 0 N–H and O–H groups in total. The highest BCUT2D eigenvalue weighted by molar-refractivity contribution is 9.09. The lowest BCUT2D eigenvalue weighted by Gasteiger charge is -2.30. The molecule has 0 radical (unpaired) electrons. The van der Waals surface area contributed by atoms with Crippen molar-refractivity contribution < 1.29 is 4.74 Å². The molecule has 0 aliphatic heterocycles. The molecule has 0 heterocycles. The molecule has 1 aliphatic carbocycles. The number of rotatable bonds is 11. The highest BCUT2D eigenvalue weighted by atomic mass is 79.9. The third kappa shape index (κ3) is 6.55. The van der Waals surface area contributed by atoms with Crippen molar-refractivity contribution in [3.05, 3.63) is 108 Å². The van der Waals surface area contributed by atoms with Crippen LogP contribution < -0.4 is 0 Å². The predicted octanol–water partition coefficient (Wildman–Crippen LogP) is 10.0. The first-order valence-corrected chi connectivity index (χ1v) is 13.9. The largest absolute Gasteiger partial charge is 0.494 e. The molecule has 1 nitrogen and oxygen atoms in total. The van der Waals surface area contributed by atoms with Crippen molar-refractivity contribution in [2.75, 3.05) is 6.61 Å². The number of ether oxygens (including phenoxy) is 1. The molecule has 0 fully saturated rings. The number of aryl methyl sites for hydroxylation is 1. The minimum atomic E-state index is -0.315. The summed E-state index contributed by atoms with van der Waals surface area (Å²) in [6.45, 7) is 5.21. The quantitative estimate of drug-likeness (QED) is 0.177. The Balaban J connectivity index is 1.70. The molecule has 0 bridgehead atoms. The second-order valence-electron chi connectivity index (χ2n) is 9.50. The highest BCUT2D eigenvalue weighted by Crippen LogP contribution is 2.46. The van der Waals surface area contributed by atoms with E-state index in [1.165, 1.54) is 52.6 Å². The van der Waals surface area contributed by atoms with Gasteiger partial charge in [-0.2, -0.15) is 0 Å². The molecule has 182 valence electrons. The highest BCUT2D eigenvalue weighted by Gasteiger charge is 2.31. The third-order valence-electron chi connectivity index (χ3n) is 6.74. The smallest absolute Gasteiger partial charge is 0.116 e. The number of benzene rings is 3. The van der Waals surface area contributed by atoms with Gasteiger partial charge < -0.3 is 4.74 Å². The van der Waals surface area contributed by atoms with Gasteiger partial charge in [-0.15, -0.1) is 0 Å². The maximum Gasteiger partial charge on any atom is 0.116 e. The van der Waals surface area contributed by atoms with E-state index in [0.717, 1.165) is 38.0 Å². The van der Waals surface area contributed by atoms with Gasteiger partial charge in [0.15, 0.2) is 0 Å². The first kappa shape index (κ1) is 25.5. The minimum Gasteiger partial charge on any atom is -0.494 e. The Labute approximate surface area is 220 Å². The summed E-state index contributed by atoms with van der Waals surface area (Å²) in [6.07, 6.45) is 14.7. The Morgan fingerprint density at radius 1 is 0.800 bits per heavy atom. The van der Waals surface area contributed by atoms with Crippen molar-refractivity contribution in [2.45, 2.75) is 63.1 Å². The average molecular weight is 530 g/mol. The summed E-state index contributed by atoms with van der Waals surface area (Å²) >= 11 is 4.15. The normalized spacial score (nSPS) is 17.3. The van der Waals surface area contributed by atoms with Gasteiger partial charge >= 0.3 is 0 Å². The maximum absolute atomic E-state index is 6.10. The van der Waals surface area contributed by atoms with E-state index in [4.69, 9.17) is 4.74 Å². The minimum absolute atomic E-state index is 0.315. The van der Waals surface area contributed by atoms with Gasteiger partial charge in [-0.3, -0.25) is 0 Å². The molecule has 0 saturated heterocycles. The summed E-state index contributed by atoms with van der Waals surface area (Å²) in [4.78, 5) is 0. The zero-order chi connectivity index (χ0) is 24.5. The molecule has 35 heavy (non-hydrogen) atoms. The lowest BCUT2D eigenvalue weighted by Crippen LogP contribution is -2.19. The van der Waals surface area contributed by atoms with Crippen molar-refractivity contribution in [3.63, 3.8) is 0 Å². The molecular formula is C33H37BrO. The first-order valence-electron chi connectivity index (χ1n) is 13.1. The van der Waals surface area contributed by atoms with Gasteiger partial charge in [0.25, 0.3) is 0 Å². The number of hydrogen-bond donors (Lipinski definition) is 0. The topological polar surface area (TPSA) is 9.23 Å². The summed E-state index contributed by atoms with van der Waals surface area (Å²) in [6, 6.07) is 26.7. The van der Waals surface area contributed by atoms with Crippen LogP contribution in [-0.4, -0.2) is 6.61 Å². The van der Waals surface area contributed by atoms with Crippen molar-refractivity contribution in [3.8, 4) is 22.3 Å². The van der Waals surface area contributed by atoms with Crippen molar-refractivity contribution >= 4 is 15.9 Å². The summed E-state index contributed by atoms with van der Waals surface area (Å²) in [7, 11) is 0. The van der Waals surface area contributed by atoms with Gasteiger partial charge in [0, 0.05) is 0 Å². The van der Waals surface area contributed by atoms with Crippen LogP contribution in [0.2, 0.25) is 0 Å². The Hall–Kier alpha value is -2.58. The van der Waals surface area contributed by atoms with E-state index in [-0.39, 0.29) is 4.32 Å². The standard InChI is InChI=1S/C33H37BrO/c1-3-5-8-12-26-16-18-27(19-17-26)29-20-21-31(28-13-9-7-10-14-28)32(24-29)33(34)22-11-15-30(25-33)35-23-6-4-2/h7,9-11,13-21,24-25H,3-6,8,12,22-23H2,1-2H3. The zero-order valence-corrected chi connectivity index (χ0v) is 22.7. The van der Waals surface area contributed by atoms with E-state index in [0.29, 0.717) is 0 Å². The maximum atomic E-state index is 6.10. The summed E-state index contributed by atoms with van der Waals surface area (Å²) in [5, 5.41) is 0. The van der Waals surface area contributed by atoms with Crippen LogP contribution in [0.5, 0.6) is 0 Å². The van der Waals surface area contributed by atoms with Crippen LogP contribution in [0.4, 0.5) is 0 Å². The van der Waals surface area contributed by atoms with E-state index < -0.39 is 0 Å². The molecule has 1 unspecified atom stereocenters. The molecule has 0 spiro atoms. The van der Waals surface area contributed by atoms with E-state index >= 15 is 0 Å². The van der Waals surface area contributed by atoms with Crippen LogP contribution in [0.3, 0.4) is 0 Å². The second kappa shape index (κ2) is 12.4. The summed E-state index contributed by atoms with van der Waals surface area (Å²) < 4.78 is 5.78. The fraction of sp³-hybridized carbons (Fsp3) is 0.333. The van der Waals surface area contributed by atoms with Gasteiger partial charge in [-0.25, -0.2) is 0 Å². The fourth-order valence-electron chi connectivity index (χ4n) is 4.67. The van der Waals surface area contributed by atoms with Gasteiger partial charge in [0.2, 0.25) is 0 Å². The first-order chi connectivity index (χ1) is 17.1. The lowest BCUT2D eigenvalue weighted by atomic mass is 9.84. The SMILES string of the molecule is CCCCCc1ccc(-c2ccc(-c3ccccc3)c(C3(Br)C=C(OCCCC)C=CC3)c2)cc1. The van der Waals surface area contributed by atoms with E-state index in [9.17, 15) is 0 Å². The molecule has 1 aliphatic rings. The lowest BCUT2D eigenvalue weighted by molar-refractivity contribution is 0.216. The van der Waals surface area contributed by atoms with E-state index in [1.54, 1.807) is 0 Å². The Bertz CT molecular complexity index is 1140. The summed E-state index contributed by atoms with van der Waals surface area (Å²) in [5.41, 5.74) is 7.69. The second-order valence-corrected chi connectivity index (χ2v) is 10.9. The zero-order valence-electron chi connectivity index (χ0n) is 21.1. The average Bonchev–Trinajstić information content (AvgIpc) is 2.90. The van der Waals surface area contributed by atoms with Crippen LogP contribution in [0.1, 0.15) is 63.5 Å². The molecule has 1 atom stereocenters. The number of hydrogen-bond acceptors (Lipinski definition) is 1. The number of allylic oxidation sites excluding steroid dienone is 3. The number of alkyl halides is 1. The molecular weight excluding hydrogens is 492 g/mol. The van der Waals surface area contributed by atoms with Crippen molar-refractivity contribution in [2.24, 2.45) is 0 Å². The third-order valence-corrected chi connectivity index (χ3v) is 7.72. The molecule has 0 amide bonds. The molecule has 3 aromatic carbocycles. The van der Waals surface area contributed by atoms with Crippen molar-refractivity contribution in [1.29, 1.82) is 0 Å². The van der Waals surface area contributed by atoms with Crippen LogP contribution in [0.15, 0.2) is 96.8 Å². The van der Waals surface area contributed by atoms with E-state index in [2.05, 4.69) is 121 Å². The molecule has 2 heteroatoms. The molecule has 0 aromatic heterocycles. The van der Waals surface area contributed by atoms with Crippen LogP contribution in [0, 0.1) is 0 Å². The predicted molar refractivity (Wildman–Crippen MR) is 154 cm³/mol. The number of halogens is 1. The molecule has 0 saturated carbocycles. The van der Waals surface area contributed by atoms with Gasteiger partial charge in [0.05, 0.1) is 10.9 Å². The molecule has 3 aromatic rings. The van der Waals surface area contributed by atoms with Gasteiger partial charge in [-0.1, -0.05) is 122 Å². The van der Waals surface area contributed by atoms with Crippen LogP contribution in [-0.2, 0) is 15.5 Å². The Kier molecular flexibility index (Phi) is 9.04. The van der Waals surface area contributed by atoms with Crippen LogP contribution in [0.25, 0.3) is 22.3 Å². The Morgan fingerprint density at radius 3 is 2.29 bits per heavy atom. The van der Waals surface area contributed by atoms with Gasteiger partial charge in [-0.05, 0) is 77.3 Å². The Morgan fingerprint density at radius 2 is 1.54 bits per heavy atom. The van der Waals surface area contributed by atoms with Crippen molar-refractivity contribution in [1.82, 2.24) is 0 Å². The fourth-order valence-corrected chi connectivity index (χ4v) is 5.41. The summed E-state index contributed by atoms with van der Waals surface area (Å²) in [5.74, 6) is 0.947. The van der Waals surface area contributed by atoms with E-state index in [1.807, 2.05) is 0 Å². The van der Waals surface area contributed by atoms with Gasteiger partial charge in [0.1, 0.15) is 5.76 Å². The van der Waals surface area contributed by atoms with Crippen LogP contribution >= 0.6 is 15.9 Å². The number of unbranched alkanes of at least 4 members (excludes halogenated alkanes) is 3.